The lowest BCUT2D eigenvalue weighted by atomic mass is 10.1. The third-order valence-electron chi connectivity index (χ3n) is 4.32. The molecule has 1 aromatic heterocycles. The van der Waals surface area contributed by atoms with Crippen molar-refractivity contribution in [1.29, 1.82) is 0 Å². The molecule has 1 aromatic rings. The average molecular weight is 330 g/mol. The topological polar surface area (TPSA) is 41.5 Å². The smallest absolute Gasteiger partial charge is 0.379 e. The van der Waals surface area contributed by atoms with Crippen LogP contribution >= 0.6 is 0 Å². The van der Waals surface area contributed by atoms with Crippen LogP contribution in [-0.2, 0) is 10.9 Å². The molecule has 1 atom stereocenters. The Bertz CT molecular complexity index is 546. The van der Waals surface area contributed by atoms with Crippen molar-refractivity contribution in [2.45, 2.75) is 19.5 Å². The van der Waals surface area contributed by atoms with E-state index in [1.165, 1.54) is 0 Å². The minimum atomic E-state index is -4.44. The molecule has 0 aromatic carbocycles. The maximum atomic E-state index is 12.9. The van der Waals surface area contributed by atoms with Crippen LogP contribution in [-0.4, -0.2) is 60.8 Å². The molecule has 0 N–H and O–H groups in total. The van der Waals surface area contributed by atoms with Gasteiger partial charge in [-0.05, 0) is 25.3 Å². The van der Waals surface area contributed by atoms with Gasteiger partial charge in [-0.3, -0.25) is 4.90 Å². The number of hydrogen-bond donors (Lipinski definition) is 0. The highest BCUT2D eigenvalue weighted by atomic mass is 19.4. The van der Waals surface area contributed by atoms with E-state index >= 15 is 0 Å². The minimum absolute atomic E-state index is 0.196. The summed E-state index contributed by atoms with van der Waals surface area (Å²) in [5.41, 5.74) is -0.518. The Labute approximate surface area is 133 Å². The van der Waals surface area contributed by atoms with Gasteiger partial charge in [0.2, 0.25) is 5.95 Å². The molecule has 0 spiro atoms. The molecule has 0 saturated carbocycles. The van der Waals surface area contributed by atoms with Gasteiger partial charge >= 0.3 is 6.18 Å². The number of ether oxygens (including phenoxy) is 1. The Morgan fingerprint density at radius 2 is 1.96 bits per heavy atom. The van der Waals surface area contributed by atoms with E-state index in [2.05, 4.69) is 14.9 Å². The Morgan fingerprint density at radius 1 is 1.22 bits per heavy atom. The fourth-order valence-electron chi connectivity index (χ4n) is 3.15. The van der Waals surface area contributed by atoms with E-state index in [-0.39, 0.29) is 5.95 Å². The Morgan fingerprint density at radius 3 is 2.65 bits per heavy atom. The fraction of sp³-hybridized carbons (Fsp3) is 0.733. The molecule has 2 aliphatic rings. The van der Waals surface area contributed by atoms with Crippen molar-refractivity contribution in [3.63, 3.8) is 0 Å². The van der Waals surface area contributed by atoms with E-state index < -0.39 is 11.9 Å². The molecule has 0 radical (unpaired) electrons. The molecule has 5 nitrogen and oxygen atoms in total. The van der Waals surface area contributed by atoms with E-state index in [0.29, 0.717) is 24.7 Å². The van der Waals surface area contributed by atoms with Crippen LogP contribution < -0.4 is 4.90 Å². The lowest BCUT2D eigenvalue weighted by Crippen LogP contribution is -2.40. The normalized spacial score (nSPS) is 23.5. The van der Waals surface area contributed by atoms with Crippen molar-refractivity contribution >= 4 is 5.95 Å². The SMILES string of the molecule is Cc1cc(C(F)(F)F)nc(N2CC[C@H](CN3CCOCC3)C2)n1. The third kappa shape index (κ3) is 4.11. The summed E-state index contributed by atoms with van der Waals surface area (Å²) < 4.78 is 44.0. The van der Waals surface area contributed by atoms with Crippen LogP contribution in [0.3, 0.4) is 0 Å². The van der Waals surface area contributed by atoms with E-state index in [1.807, 2.05) is 4.90 Å². The quantitative estimate of drug-likeness (QED) is 0.847. The first-order valence-corrected chi connectivity index (χ1v) is 7.90. The first-order valence-electron chi connectivity index (χ1n) is 7.90. The largest absolute Gasteiger partial charge is 0.433 e. The molecule has 3 heterocycles. The van der Waals surface area contributed by atoms with Crippen molar-refractivity contribution in [2.75, 3.05) is 50.8 Å². The van der Waals surface area contributed by atoms with E-state index in [1.54, 1.807) is 6.92 Å². The number of hydrogen-bond acceptors (Lipinski definition) is 5. The summed E-state index contributed by atoms with van der Waals surface area (Å²) in [7, 11) is 0. The highest BCUT2D eigenvalue weighted by Gasteiger charge is 2.35. The van der Waals surface area contributed by atoms with Gasteiger partial charge in [0.25, 0.3) is 0 Å². The zero-order valence-corrected chi connectivity index (χ0v) is 13.1. The first-order chi connectivity index (χ1) is 10.9. The number of nitrogens with zero attached hydrogens (tertiary/aromatic N) is 4. The Kier molecular flexibility index (Phi) is 4.72. The number of aryl methyl sites for hydroxylation is 1. The van der Waals surface area contributed by atoms with Crippen LogP contribution in [0.15, 0.2) is 6.07 Å². The fourth-order valence-corrected chi connectivity index (χ4v) is 3.15. The molecule has 0 amide bonds. The number of aromatic nitrogens is 2. The van der Waals surface area contributed by atoms with Gasteiger partial charge in [0.05, 0.1) is 13.2 Å². The molecule has 0 bridgehead atoms. The summed E-state index contributed by atoms with van der Waals surface area (Å²) in [4.78, 5) is 12.1. The second kappa shape index (κ2) is 6.60. The van der Waals surface area contributed by atoms with Crippen LogP contribution in [0.4, 0.5) is 19.1 Å². The second-order valence-corrected chi connectivity index (χ2v) is 6.21. The molecule has 3 rings (SSSR count). The lowest BCUT2D eigenvalue weighted by molar-refractivity contribution is -0.141. The third-order valence-corrected chi connectivity index (χ3v) is 4.32. The van der Waals surface area contributed by atoms with Gasteiger partial charge in [-0.25, -0.2) is 9.97 Å². The van der Waals surface area contributed by atoms with Crippen LogP contribution in [0.25, 0.3) is 0 Å². The molecule has 2 fully saturated rings. The summed E-state index contributed by atoms with van der Waals surface area (Å²) in [5.74, 6) is 0.633. The molecule has 2 saturated heterocycles. The highest BCUT2D eigenvalue weighted by molar-refractivity contribution is 5.34. The zero-order chi connectivity index (χ0) is 16.4. The van der Waals surface area contributed by atoms with Gasteiger partial charge in [-0.1, -0.05) is 0 Å². The first kappa shape index (κ1) is 16.4. The lowest BCUT2D eigenvalue weighted by Gasteiger charge is -2.29. The van der Waals surface area contributed by atoms with Crippen molar-refractivity contribution in [1.82, 2.24) is 14.9 Å². The minimum Gasteiger partial charge on any atom is -0.379 e. The van der Waals surface area contributed by atoms with Crippen molar-refractivity contribution < 1.29 is 17.9 Å². The van der Waals surface area contributed by atoms with Crippen molar-refractivity contribution in [2.24, 2.45) is 5.92 Å². The average Bonchev–Trinajstić information content (AvgIpc) is 2.95. The van der Waals surface area contributed by atoms with E-state index in [0.717, 1.165) is 45.3 Å². The second-order valence-electron chi connectivity index (χ2n) is 6.21. The van der Waals surface area contributed by atoms with Gasteiger partial charge in [-0.2, -0.15) is 13.2 Å². The maximum Gasteiger partial charge on any atom is 0.433 e. The summed E-state index contributed by atoms with van der Waals surface area (Å²) >= 11 is 0. The van der Waals surface area contributed by atoms with Crippen molar-refractivity contribution in [3.05, 3.63) is 17.5 Å². The summed E-state index contributed by atoms with van der Waals surface area (Å²) in [6, 6.07) is 0.991. The number of halogens is 3. The van der Waals surface area contributed by atoms with Crippen LogP contribution in [0.1, 0.15) is 17.8 Å². The number of alkyl halides is 3. The van der Waals surface area contributed by atoms with Crippen molar-refractivity contribution in [3.8, 4) is 0 Å². The molecular weight excluding hydrogens is 309 g/mol. The maximum absolute atomic E-state index is 12.9. The van der Waals surface area contributed by atoms with E-state index in [9.17, 15) is 13.2 Å². The number of rotatable bonds is 3. The molecule has 23 heavy (non-hydrogen) atoms. The summed E-state index contributed by atoms with van der Waals surface area (Å²) in [5, 5.41) is 0. The Hall–Kier alpha value is -1.41. The van der Waals surface area contributed by atoms with Gasteiger partial charge in [0, 0.05) is 38.4 Å². The summed E-state index contributed by atoms with van der Waals surface area (Å²) in [6.07, 6.45) is -3.48. The number of morpholine rings is 1. The number of anilines is 1. The monoisotopic (exact) mass is 330 g/mol. The molecule has 128 valence electrons. The van der Waals surface area contributed by atoms with Gasteiger partial charge < -0.3 is 9.64 Å². The molecular formula is C15H21F3N4O. The molecule has 0 unspecified atom stereocenters. The molecule has 2 aliphatic heterocycles. The van der Waals surface area contributed by atoms with Gasteiger partial charge in [0.1, 0.15) is 5.69 Å². The van der Waals surface area contributed by atoms with Crippen LogP contribution in [0, 0.1) is 12.8 Å². The van der Waals surface area contributed by atoms with Crippen LogP contribution in [0.5, 0.6) is 0 Å². The Balaban J connectivity index is 1.65. The highest BCUT2D eigenvalue weighted by Crippen LogP contribution is 2.30. The zero-order valence-electron chi connectivity index (χ0n) is 13.1. The molecule has 8 heteroatoms. The van der Waals surface area contributed by atoms with Gasteiger partial charge in [-0.15, -0.1) is 0 Å². The molecule has 0 aliphatic carbocycles. The van der Waals surface area contributed by atoms with Crippen LogP contribution in [0.2, 0.25) is 0 Å². The van der Waals surface area contributed by atoms with E-state index in [4.69, 9.17) is 4.74 Å². The van der Waals surface area contributed by atoms with Gasteiger partial charge in [0.15, 0.2) is 0 Å². The summed E-state index contributed by atoms with van der Waals surface area (Å²) in [6.45, 7) is 7.30. The standard InChI is InChI=1S/C15H21F3N4O/c1-11-8-13(15(16,17)18)20-14(19-11)22-3-2-12(10-22)9-21-4-6-23-7-5-21/h8,12H,2-7,9-10H2,1H3/t12-/m1/s1. The predicted molar refractivity (Wildman–Crippen MR) is 79.4 cm³/mol. The predicted octanol–water partition coefficient (Wildman–Crippen LogP) is 1.96.